The highest BCUT2D eigenvalue weighted by molar-refractivity contribution is 5.45. The maximum atomic E-state index is 3.47. The van der Waals surface area contributed by atoms with Crippen LogP contribution >= 0.6 is 0 Å². The molecule has 2 heteroatoms. The minimum atomic E-state index is 0.881. The molecular formula is C18H22N2. The lowest BCUT2D eigenvalue weighted by Gasteiger charge is -2.15. The fourth-order valence-corrected chi connectivity index (χ4v) is 2.73. The summed E-state index contributed by atoms with van der Waals surface area (Å²) >= 11 is 0. The van der Waals surface area contributed by atoms with Crippen molar-refractivity contribution in [2.24, 2.45) is 0 Å². The van der Waals surface area contributed by atoms with Gasteiger partial charge in [-0.25, -0.2) is 0 Å². The zero-order valence-corrected chi connectivity index (χ0v) is 11.9. The highest BCUT2D eigenvalue weighted by Crippen LogP contribution is 2.15. The van der Waals surface area contributed by atoms with Crippen LogP contribution in [0, 0.1) is 0 Å². The lowest BCUT2D eigenvalue weighted by molar-refractivity contribution is 0.331. The molecule has 20 heavy (non-hydrogen) atoms. The highest BCUT2D eigenvalue weighted by Gasteiger charge is 2.11. The molecule has 1 aliphatic heterocycles. The molecule has 0 aromatic heterocycles. The van der Waals surface area contributed by atoms with Crippen molar-refractivity contribution in [1.29, 1.82) is 0 Å². The summed E-state index contributed by atoms with van der Waals surface area (Å²) in [7, 11) is 0. The number of likely N-dealkylation sites (tertiary alicyclic amines) is 1. The van der Waals surface area contributed by atoms with Crippen LogP contribution in [0.1, 0.15) is 24.0 Å². The zero-order chi connectivity index (χ0) is 13.6. The number of nitrogens with zero attached hydrogens (tertiary/aromatic N) is 1. The first-order valence-corrected chi connectivity index (χ1v) is 7.49. The highest BCUT2D eigenvalue weighted by atomic mass is 15.1. The summed E-state index contributed by atoms with van der Waals surface area (Å²) in [4.78, 5) is 2.53. The van der Waals surface area contributed by atoms with Crippen LogP contribution in [0.15, 0.2) is 54.6 Å². The van der Waals surface area contributed by atoms with Crippen LogP contribution in [0.4, 0.5) is 5.69 Å². The fourth-order valence-electron chi connectivity index (χ4n) is 2.73. The molecule has 1 N–H and O–H groups in total. The summed E-state index contributed by atoms with van der Waals surface area (Å²) in [6, 6.07) is 19.4. The number of hydrogen-bond donors (Lipinski definition) is 1. The Morgan fingerprint density at radius 3 is 2.20 bits per heavy atom. The van der Waals surface area contributed by atoms with Gasteiger partial charge in [0.1, 0.15) is 0 Å². The van der Waals surface area contributed by atoms with Gasteiger partial charge < -0.3 is 5.32 Å². The lowest BCUT2D eigenvalue weighted by Crippen LogP contribution is -2.18. The number of benzene rings is 2. The third-order valence-corrected chi connectivity index (χ3v) is 3.90. The lowest BCUT2D eigenvalue weighted by atomic mass is 10.2. The van der Waals surface area contributed by atoms with E-state index in [0.29, 0.717) is 0 Å². The summed E-state index contributed by atoms with van der Waals surface area (Å²) in [6.07, 6.45) is 2.72. The van der Waals surface area contributed by atoms with Crippen LogP contribution in [-0.4, -0.2) is 18.0 Å². The summed E-state index contributed by atoms with van der Waals surface area (Å²) in [6.45, 7) is 4.49. The minimum Gasteiger partial charge on any atom is -0.381 e. The molecule has 2 nitrogen and oxygen atoms in total. The number of hydrogen-bond acceptors (Lipinski definition) is 2. The van der Waals surface area contributed by atoms with Gasteiger partial charge in [-0.3, -0.25) is 4.90 Å². The fraction of sp³-hybridized carbons (Fsp3) is 0.333. The van der Waals surface area contributed by atoms with Gasteiger partial charge in [-0.15, -0.1) is 0 Å². The predicted molar refractivity (Wildman–Crippen MR) is 84.7 cm³/mol. The third kappa shape index (κ3) is 3.61. The number of anilines is 1. The standard InChI is InChI=1S/C18H22N2/c1-2-6-16(7-3-1)14-19-18-10-8-17(9-11-18)15-20-12-4-5-13-20/h1-3,6-11,19H,4-5,12-15H2. The zero-order valence-electron chi connectivity index (χ0n) is 11.9. The Morgan fingerprint density at radius 2 is 1.50 bits per heavy atom. The van der Waals surface area contributed by atoms with Crippen LogP contribution in [0.5, 0.6) is 0 Å². The van der Waals surface area contributed by atoms with Crippen LogP contribution in [-0.2, 0) is 13.1 Å². The number of nitrogens with one attached hydrogen (secondary N) is 1. The normalized spacial score (nSPS) is 15.4. The molecule has 0 unspecified atom stereocenters. The van der Waals surface area contributed by atoms with E-state index in [0.717, 1.165) is 13.1 Å². The Bertz CT molecular complexity index is 513. The average molecular weight is 266 g/mol. The molecule has 1 saturated heterocycles. The summed E-state index contributed by atoms with van der Waals surface area (Å²) in [5, 5.41) is 3.47. The van der Waals surface area contributed by atoms with Crippen molar-refractivity contribution in [3.8, 4) is 0 Å². The maximum Gasteiger partial charge on any atom is 0.0400 e. The third-order valence-electron chi connectivity index (χ3n) is 3.90. The van der Waals surface area contributed by atoms with Gasteiger partial charge in [0.2, 0.25) is 0 Å². The quantitative estimate of drug-likeness (QED) is 0.883. The van der Waals surface area contributed by atoms with E-state index in [9.17, 15) is 0 Å². The van der Waals surface area contributed by atoms with Crippen LogP contribution < -0.4 is 5.32 Å². The molecule has 0 amide bonds. The van der Waals surface area contributed by atoms with Crippen molar-refractivity contribution >= 4 is 5.69 Å². The smallest absolute Gasteiger partial charge is 0.0400 e. The van der Waals surface area contributed by atoms with E-state index in [4.69, 9.17) is 0 Å². The Balaban J connectivity index is 1.53. The minimum absolute atomic E-state index is 0.881. The first-order valence-electron chi connectivity index (χ1n) is 7.49. The Kier molecular flexibility index (Phi) is 4.34. The van der Waals surface area contributed by atoms with Gasteiger partial charge in [0.15, 0.2) is 0 Å². The molecule has 1 aliphatic rings. The van der Waals surface area contributed by atoms with Crippen molar-refractivity contribution in [3.05, 3.63) is 65.7 Å². The molecule has 2 aromatic carbocycles. The Labute approximate surface area is 121 Å². The van der Waals surface area contributed by atoms with Gasteiger partial charge >= 0.3 is 0 Å². The summed E-state index contributed by atoms with van der Waals surface area (Å²) < 4.78 is 0. The van der Waals surface area contributed by atoms with E-state index in [1.165, 1.54) is 42.7 Å². The molecule has 1 heterocycles. The van der Waals surface area contributed by atoms with Gasteiger partial charge in [-0.05, 0) is 49.2 Å². The van der Waals surface area contributed by atoms with E-state index in [2.05, 4.69) is 64.8 Å². The van der Waals surface area contributed by atoms with E-state index in [1.54, 1.807) is 0 Å². The summed E-state index contributed by atoms with van der Waals surface area (Å²) in [5.41, 5.74) is 3.92. The van der Waals surface area contributed by atoms with E-state index < -0.39 is 0 Å². The van der Waals surface area contributed by atoms with E-state index >= 15 is 0 Å². The summed E-state index contributed by atoms with van der Waals surface area (Å²) in [5.74, 6) is 0. The number of rotatable bonds is 5. The topological polar surface area (TPSA) is 15.3 Å². The van der Waals surface area contributed by atoms with Crippen molar-refractivity contribution in [3.63, 3.8) is 0 Å². The SMILES string of the molecule is c1ccc(CNc2ccc(CN3CCCC3)cc2)cc1. The molecule has 0 bridgehead atoms. The average Bonchev–Trinajstić information content (AvgIpc) is 3.01. The van der Waals surface area contributed by atoms with Crippen LogP contribution in [0.3, 0.4) is 0 Å². The van der Waals surface area contributed by atoms with Crippen molar-refractivity contribution in [2.75, 3.05) is 18.4 Å². The van der Waals surface area contributed by atoms with Gasteiger partial charge in [-0.1, -0.05) is 42.5 Å². The molecule has 3 rings (SSSR count). The Hall–Kier alpha value is -1.80. The second-order valence-electron chi connectivity index (χ2n) is 5.52. The second kappa shape index (κ2) is 6.58. The van der Waals surface area contributed by atoms with E-state index in [1.807, 2.05) is 0 Å². The molecule has 0 aliphatic carbocycles. The van der Waals surface area contributed by atoms with Gasteiger partial charge in [-0.2, -0.15) is 0 Å². The van der Waals surface area contributed by atoms with Crippen LogP contribution in [0.25, 0.3) is 0 Å². The molecule has 1 fully saturated rings. The molecule has 2 aromatic rings. The van der Waals surface area contributed by atoms with Crippen LogP contribution in [0.2, 0.25) is 0 Å². The molecule has 104 valence electrons. The predicted octanol–water partition coefficient (Wildman–Crippen LogP) is 3.89. The van der Waals surface area contributed by atoms with Gasteiger partial charge in [0.25, 0.3) is 0 Å². The molecular weight excluding hydrogens is 244 g/mol. The molecule has 0 saturated carbocycles. The van der Waals surface area contributed by atoms with E-state index in [-0.39, 0.29) is 0 Å². The Morgan fingerprint density at radius 1 is 0.800 bits per heavy atom. The molecule has 0 spiro atoms. The van der Waals surface area contributed by atoms with Crippen molar-refractivity contribution in [2.45, 2.75) is 25.9 Å². The first-order chi connectivity index (χ1) is 9.90. The van der Waals surface area contributed by atoms with Crippen molar-refractivity contribution < 1.29 is 0 Å². The molecule has 0 atom stereocenters. The monoisotopic (exact) mass is 266 g/mol. The first kappa shape index (κ1) is 13.2. The maximum absolute atomic E-state index is 3.47. The second-order valence-corrected chi connectivity index (χ2v) is 5.52. The van der Waals surface area contributed by atoms with Gasteiger partial charge in [0.05, 0.1) is 0 Å². The van der Waals surface area contributed by atoms with Crippen molar-refractivity contribution in [1.82, 2.24) is 4.90 Å². The molecule has 0 radical (unpaired) electrons. The largest absolute Gasteiger partial charge is 0.381 e. The van der Waals surface area contributed by atoms with Gasteiger partial charge in [0, 0.05) is 18.8 Å².